The van der Waals surface area contributed by atoms with Crippen LogP contribution >= 0.6 is 0 Å². The van der Waals surface area contributed by atoms with Crippen LogP contribution in [0.2, 0.25) is 0 Å². The van der Waals surface area contributed by atoms with Crippen molar-refractivity contribution in [2.24, 2.45) is 5.92 Å². The summed E-state index contributed by atoms with van der Waals surface area (Å²) >= 11 is 0. The van der Waals surface area contributed by atoms with Crippen molar-refractivity contribution in [2.75, 3.05) is 0 Å². The minimum atomic E-state index is -0.562. The Bertz CT molecular complexity index is 897. The largest absolute Gasteiger partial charge is 0.309 e. The van der Waals surface area contributed by atoms with Crippen LogP contribution < -0.4 is 10.9 Å². The van der Waals surface area contributed by atoms with E-state index in [0.717, 1.165) is 24.1 Å². The number of carbonyl (C=O) groups is 2. The Morgan fingerprint density at radius 2 is 1.66 bits per heavy atom. The molecule has 0 aliphatic carbocycles. The second-order valence-electron chi connectivity index (χ2n) is 6.97. The molecule has 0 radical (unpaired) electrons. The molecular formula is C22H25N5O2. The first-order valence-electron chi connectivity index (χ1n) is 9.75. The second-order valence-corrected chi connectivity index (χ2v) is 6.97. The minimum Gasteiger partial charge on any atom is -0.273 e. The maximum atomic E-state index is 12.5. The van der Waals surface area contributed by atoms with E-state index in [1.807, 2.05) is 67.6 Å². The van der Waals surface area contributed by atoms with Gasteiger partial charge in [0.2, 0.25) is 11.7 Å². The highest BCUT2D eigenvalue weighted by molar-refractivity contribution is 5.92. The van der Waals surface area contributed by atoms with Crippen molar-refractivity contribution in [3.63, 3.8) is 0 Å². The molecule has 7 heteroatoms. The molecule has 0 saturated carbocycles. The first-order valence-corrected chi connectivity index (χ1v) is 9.75. The number of nitrogens with one attached hydrogen (secondary N) is 2. The molecule has 0 fully saturated rings. The molecule has 2 N–H and O–H groups in total. The normalized spacial score (nSPS) is 11.7. The molecule has 0 saturated heterocycles. The zero-order chi connectivity index (χ0) is 20.6. The van der Waals surface area contributed by atoms with Crippen LogP contribution in [0.15, 0.2) is 60.7 Å². The van der Waals surface area contributed by atoms with Gasteiger partial charge in [-0.2, -0.15) is 0 Å². The molecule has 7 nitrogen and oxygen atoms in total. The van der Waals surface area contributed by atoms with E-state index in [1.165, 1.54) is 0 Å². The van der Waals surface area contributed by atoms with E-state index in [2.05, 4.69) is 27.9 Å². The zero-order valence-electron chi connectivity index (χ0n) is 16.6. The Labute approximate surface area is 170 Å². The molecular weight excluding hydrogens is 366 g/mol. The Morgan fingerprint density at radius 1 is 1.00 bits per heavy atom. The van der Waals surface area contributed by atoms with E-state index in [0.29, 0.717) is 12.2 Å². The maximum Gasteiger partial charge on any atom is 0.309 e. The summed E-state index contributed by atoms with van der Waals surface area (Å²) in [4.78, 5) is 28.9. The van der Waals surface area contributed by atoms with Gasteiger partial charge in [-0.25, -0.2) is 9.67 Å². The van der Waals surface area contributed by atoms with E-state index < -0.39 is 5.91 Å². The number of amides is 2. The van der Waals surface area contributed by atoms with Crippen molar-refractivity contribution in [3.8, 4) is 17.1 Å². The molecule has 0 spiro atoms. The average Bonchev–Trinajstić information content (AvgIpc) is 3.19. The molecule has 1 unspecified atom stereocenters. The van der Waals surface area contributed by atoms with E-state index in [-0.39, 0.29) is 17.6 Å². The number of hydrogen-bond acceptors (Lipinski definition) is 4. The standard InChI is InChI=1S/C22H25N5O2/c1-3-10-16(2)15-19(28)24-25-22(29)20-23-21(17-11-6-4-7-12-17)27(26-20)18-13-8-5-9-14-18/h4-9,11-14,16H,3,10,15H2,1-2H3,(H,24,28)(H,25,29). The molecule has 1 heterocycles. The van der Waals surface area contributed by atoms with E-state index in [9.17, 15) is 9.59 Å². The van der Waals surface area contributed by atoms with Crippen molar-refractivity contribution in [3.05, 3.63) is 66.5 Å². The molecule has 3 rings (SSSR count). The average molecular weight is 391 g/mol. The van der Waals surface area contributed by atoms with E-state index >= 15 is 0 Å². The van der Waals surface area contributed by atoms with Gasteiger partial charge in [-0.1, -0.05) is 75.2 Å². The highest BCUT2D eigenvalue weighted by atomic mass is 16.2. The van der Waals surface area contributed by atoms with Gasteiger partial charge in [0.25, 0.3) is 0 Å². The van der Waals surface area contributed by atoms with Crippen LogP contribution in [0.5, 0.6) is 0 Å². The lowest BCUT2D eigenvalue weighted by Crippen LogP contribution is -2.42. The molecule has 2 amide bonds. The van der Waals surface area contributed by atoms with Crippen LogP contribution in [-0.4, -0.2) is 26.6 Å². The second kappa shape index (κ2) is 9.64. The molecule has 0 aliphatic rings. The van der Waals surface area contributed by atoms with Gasteiger partial charge in [0.15, 0.2) is 5.82 Å². The lowest BCUT2D eigenvalue weighted by molar-refractivity contribution is -0.122. The van der Waals surface area contributed by atoms with Gasteiger partial charge < -0.3 is 0 Å². The Morgan fingerprint density at radius 3 is 2.31 bits per heavy atom. The summed E-state index contributed by atoms with van der Waals surface area (Å²) in [7, 11) is 0. The summed E-state index contributed by atoms with van der Waals surface area (Å²) in [6.07, 6.45) is 2.34. The number of hydrogen-bond donors (Lipinski definition) is 2. The van der Waals surface area contributed by atoms with Gasteiger partial charge >= 0.3 is 5.91 Å². The maximum absolute atomic E-state index is 12.5. The summed E-state index contributed by atoms with van der Waals surface area (Å²) in [5, 5.41) is 4.37. The number of rotatable bonds is 7. The highest BCUT2D eigenvalue weighted by Gasteiger charge is 2.19. The van der Waals surface area contributed by atoms with Gasteiger partial charge in [-0.3, -0.25) is 20.4 Å². The summed E-state index contributed by atoms with van der Waals surface area (Å²) in [5.41, 5.74) is 6.48. The summed E-state index contributed by atoms with van der Waals surface area (Å²) in [6.45, 7) is 4.09. The Balaban J connectivity index is 1.78. The summed E-state index contributed by atoms with van der Waals surface area (Å²) in [6, 6.07) is 19.0. The molecule has 1 atom stereocenters. The van der Waals surface area contributed by atoms with Crippen LogP contribution in [0, 0.1) is 5.92 Å². The number of para-hydroxylation sites is 1. The van der Waals surface area contributed by atoms with E-state index in [1.54, 1.807) is 4.68 Å². The van der Waals surface area contributed by atoms with Gasteiger partial charge in [0.1, 0.15) is 0 Å². The van der Waals surface area contributed by atoms with Crippen LogP contribution in [-0.2, 0) is 4.79 Å². The summed E-state index contributed by atoms with van der Waals surface area (Å²) in [5.74, 6) is -0.00473. The van der Waals surface area contributed by atoms with Crippen LogP contribution in [0.4, 0.5) is 0 Å². The van der Waals surface area contributed by atoms with Crippen molar-refractivity contribution in [1.29, 1.82) is 0 Å². The molecule has 0 aliphatic heterocycles. The quantitative estimate of drug-likeness (QED) is 0.603. The van der Waals surface area contributed by atoms with Crippen molar-refractivity contribution in [1.82, 2.24) is 25.6 Å². The molecule has 0 bridgehead atoms. The van der Waals surface area contributed by atoms with Crippen LogP contribution in [0.1, 0.15) is 43.7 Å². The molecule has 29 heavy (non-hydrogen) atoms. The van der Waals surface area contributed by atoms with Gasteiger partial charge in [-0.05, 0) is 18.1 Å². The first kappa shape index (κ1) is 20.3. The van der Waals surface area contributed by atoms with Crippen molar-refractivity contribution >= 4 is 11.8 Å². The molecule has 1 aromatic heterocycles. The van der Waals surface area contributed by atoms with Crippen molar-refractivity contribution in [2.45, 2.75) is 33.1 Å². The monoisotopic (exact) mass is 391 g/mol. The van der Waals surface area contributed by atoms with E-state index in [4.69, 9.17) is 0 Å². The zero-order valence-corrected chi connectivity index (χ0v) is 16.6. The third-order valence-corrected chi connectivity index (χ3v) is 4.47. The lowest BCUT2D eigenvalue weighted by atomic mass is 10.0. The Hall–Kier alpha value is -3.48. The predicted molar refractivity (Wildman–Crippen MR) is 111 cm³/mol. The number of aromatic nitrogens is 3. The lowest BCUT2D eigenvalue weighted by Gasteiger charge is -2.10. The smallest absolute Gasteiger partial charge is 0.273 e. The Kier molecular flexibility index (Phi) is 6.73. The van der Waals surface area contributed by atoms with Gasteiger partial charge in [-0.15, -0.1) is 5.10 Å². The number of carbonyl (C=O) groups excluding carboxylic acids is 2. The number of nitrogens with zero attached hydrogens (tertiary/aromatic N) is 3. The third kappa shape index (κ3) is 5.28. The van der Waals surface area contributed by atoms with Crippen LogP contribution in [0.25, 0.3) is 17.1 Å². The molecule has 3 aromatic rings. The van der Waals surface area contributed by atoms with Gasteiger partial charge in [0.05, 0.1) is 5.69 Å². The SMILES string of the molecule is CCCC(C)CC(=O)NNC(=O)c1nc(-c2ccccc2)n(-c2ccccc2)n1. The van der Waals surface area contributed by atoms with Crippen LogP contribution in [0.3, 0.4) is 0 Å². The fraction of sp³-hybridized carbons (Fsp3) is 0.273. The summed E-state index contributed by atoms with van der Waals surface area (Å²) < 4.78 is 1.62. The predicted octanol–water partition coefficient (Wildman–Crippen LogP) is 3.52. The fourth-order valence-corrected chi connectivity index (χ4v) is 3.08. The number of benzene rings is 2. The highest BCUT2D eigenvalue weighted by Crippen LogP contribution is 2.20. The topological polar surface area (TPSA) is 88.9 Å². The molecule has 2 aromatic carbocycles. The third-order valence-electron chi connectivity index (χ3n) is 4.47. The number of hydrazine groups is 1. The fourth-order valence-electron chi connectivity index (χ4n) is 3.08. The van der Waals surface area contributed by atoms with Gasteiger partial charge in [0, 0.05) is 12.0 Å². The molecule has 150 valence electrons. The van der Waals surface area contributed by atoms with Crippen molar-refractivity contribution < 1.29 is 9.59 Å². The minimum absolute atomic E-state index is 0.0189. The first-order chi connectivity index (χ1) is 14.1.